The smallest absolute Gasteiger partial charge is 0.0384 e. The van der Waals surface area contributed by atoms with Crippen LogP contribution in [0.4, 0.5) is 11.4 Å². The maximum atomic E-state index is 3.66. The Labute approximate surface area is 319 Å². The Morgan fingerprint density at radius 3 is 1.53 bits per heavy atom. The lowest BCUT2D eigenvalue weighted by Gasteiger charge is -2.19. The number of fused-ring (bicyclic) bond motifs is 3. The lowest BCUT2D eigenvalue weighted by Crippen LogP contribution is -1.99. The van der Waals surface area contributed by atoms with Crippen LogP contribution in [0, 0.1) is 0 Å². The average Bonchev–Trinajstić information content (AvgIpc) is 3.57. The molecule has 0 bridgehead atoms. The van der Waals surface area contributed by atoms with Crippen molar-refractivity contribution in [2.24, 2.45) is 0 Å². The molecule has 1 heteroatoms. The minimum absolute atomic E-state index is 1.04. The Hall–Kier alpha value is -4.88. The molecule has 1 aliphatic carbocycles. The van der Waals surface area contributed by atoms with Crippen LogP contribution in [-0.4, -0.2) is 0 Å². The number of unbranched alkanes of at least 4 members (excludes halogenated alkanes) is 6. The summed E-state index contributed by atoms with van der Waals surface area (Å²) in [6.45, 7) is 6.84. The van der Waals surface area contributed by atoms with Gasteiger partial charge in [0.25, 0.3) is 0 Å². The molecule has 0 radical (unpaired) electrons. The molecule has 0 heterocycles. The maximum Gasteiger partial charge on any atom is 0.0384 e. The van der Waals surface area contributed by atoms with Gasteiger partial charge in [-0.2, -0.15) is 0 Å². The normalized spacial score (nSPS) is 11.8. The summed E-state index contributed by atoms with van der Waals surface area (Å²) in [5.41, 5.74) is 20.4. The molecule has 6 aromatic rings. The second-order valence-corrected chi connectivity index (χ2v) is 15.2. The van der Waals surface area contributed by atoms with Crippen molar-refractivity contribution < 1.29 is 0 Å². The summed E-state index contributed by atoms with van der Waals surface area (Å²) >= 11 is 0. The van der Waals surface area contributed by atoms with Crippen molar-refractivity contribution in [1.82, 2.24) is 0 Å². The number of hydrogen-bond donors (Lipinski definition) is 1. The minimum atomic E-state index is 1.04. The van der Waals surface area contributed by atoms with Crippen LogP contribution in [0.2, 0.25) is 0 Å². The van der Waals surface area contributed by atoms with Crippen molar-refractivity contribution >= 4 is 11.4 Å². The molecule has 270 valence electrons. The first-order valence-corrected chi connectivity index (χ1v) is 20.6. The number of anilines is 2. The Morgan fingerprint density at radius 1 is 0.396 bits per heavy atom. The molecule has 0 aliphatic heterocycles. The van der Waals surface area contributed by atoms with Crippen molar-refractivity contribution in [3.05, 3.63) is 155 Å². The summed E-state index contributed by atoms with van der Waals surface area (Å²) in [5.74, 6) is 0. The number of nitrogens with one attached hydrogen (secondary N) is 1. The van der Waals surface area contributed by atoms with Gasteiger partial charge in [-0.05, 0) is 141 Å². The fourth-order valence-corrected chi connectivity index (χ4v) is 8.21. The van der Waals surface area contributed by atoms with Gasteiger partial charge in [0.15, 0.2) is 0 Å². The predicted octanol–water partition coefficient (Wildman–Crippen LogP) is 15.2. The first kappa shape index (κ1) is 36.5. The zero-order chi connectivity index (χ0) is 36.4. The van der Waals surface area contributed by atoms with Gasteiger partial charge in [-0.25, -0.2) is 0 Å². The van der Waals surface area contributed by atoms with Crippen LogP contribution in [0.1, 0.15) is 106 Å². The molecule has 0 spiro atoms. The Morgan fingerprint density at radius 2 is 0.925 bits per heavy atom. The molecule has 1 aliphatic rings. The monoisotopic (exact) mass is 695 g/mol. The van der Waals surface area contributed by atoms with E-state index in [4.69, 9.17) is 0 Å². The van der Waals surface area contributed by atoms with Crippen LogP contribution in [0.5, 0.6) is 0 Å². The lowest BCUT2D eigenvalue weighted by atomic mass is 9.86. The summed E-state index contributed by atoms with van der Waals surface area (Å²) in [6.07, 6.45) is 15.7. The second-order valence-electron chi connectivity index (χ2n) is 15.2. The van der Waals surface area contributed by atoms with Crippen LogP contribution >= 0.6 is 0 Å². The molecule has 0 amide bonds. The van der Waals surface area contributed by atoms with Crippen LogP contribution in [0.15, 0.2) is 127 Å². The van der Waals surface area contributed by atoms with E-state index in [0.29, 0.717) is 0 Å². The van der Waals surface area contributed by atoms with E-state index < -0.39 is 0 Å². The SMILES string of the molecule is CCCCCCc1cc(-c2ccc3c(c2)-c2ccccc2C3)c(CCCCCC)cc1-c1ccc(Nc2ccc(-c3ccc(CCC)cc3)cc2)cc1. The fraction of sp³-hybridized carbons (Fsp3) is 0.308. The average molecular weight is 696 g/mol. The highest BCUT2D eigenvalue weighted by Gasteiger charge is 2.20. The van der Waals surface area contributed by atoms with Gasteiger partial charge in [0, 0.05) is 11.4 Å². The number of aryl methyl sites for hydroxylation is 3. The van der Waals surface area contributed by atoms with E-state index in [1.165, 1.54) is 130 Å². The molecule has 1 N–H and O–H groups in total. The first-order chi connectivity index (χ1) is 26.1. The van der Waals surface area contributed by atoms with Crippen LogP contribution < -0.4 is 5.32 Å². The van der Waals surface area contributed by atoms with Crippen molar-refractivity contribution in [3.8, 4) is 44.5 Å². The van der Waals surface area contributed by atoms with E-state index in [1.54, 1.807) is 0 Å². The molecule has 6 aromatic carbocycles. The number of rotatable bonds is 17. The Balaban J connectivity index is 1.17. The van der Waals surface area contributed by atoms with E-state index in [-0.39, 0.29) is 0 Å². The quantitative estimate of drug-likeness (QED) is 0.0935. The van der Waals surface area contributed by atoms with Gasteiger partial charge in [-0.15, -0.1) is 0 Å². The van der Waals surface area contributed by atoms with E-state index in [2.05, 4.69) is 153 Å². The summed E-state index contributed by atoms with van der Waals surface area (Å²) in [6, 6.07) is 48.4. The van der Waals surface area contributed by atoms with Crippen molar-refractivity contribution in [1.29, 1.82) is 0 Å². The van der Waals surface area contributed by atoms with Crippen molar-refractivity contribution in [3.63, 3.8) is 0 Å². The Bertz CT molecular complexity index is 2080. The van der Waals surface area contributed by atoms with Crippen LogP contribution in [0.3, 0.4) is 0 Å². The topological polar surface area (TPSA) is 12.0 Å². The molecule has 0 saturated carbocycles. The molecule has 0 saturated heterocycles. The van der Waals surface area contributed by atoms with E-state index in [9.17, 15) is 0 Å². The van der Waals surface area contributed by atoms with Crippen LogP contribution in [0.25, 0.3) is 44.5 Å². The number of benzene rings is 6. The largest absolute Gasteiger partial charge is 0.356 e. The first-order valence-electron chi connectivity index (χ1n) is 20.6. The molecule has 0 unspecified atom stereocenters. The van der Waals surface area contributed by atoms with Gasteiger partial charge in [-0.1, -0.05) is 163 Å². The third-order valence-electron chi connectivity index (χ3n) is 11.2. The molecule has 1 nitrogen and oxygen atoms in total. The highest BCUT2D eigenvalue weighted by Crippen LogP contribution is 2.41. The fourth-order valence-electron chi connectivity index (χ4n) is 8.21. The summed E-state index contributed by atoms with van der Waals surface area (Å²) in [7, 11) is 0. The van der Waals surface area contributed by atoms with Crippen molar-refractivity contribution in [2.45, 2.75) is 104 Å². The predicted molar refractivity (Wildman–Crippen MR) is 230 cm³/mol. The Kier molecular flexibility index (Phi) is 12.2. The van der Waals surface area contributed by atoms with E-state index in [0.717, 1.165) is 37.1 Å². The summed E-state index contributed by atoms with van der Waals surface area (Å²) < 4.78 is 0. The molecule has 53 heavy (non-hydrogen) atoms. The van der Waals surface area contributed by atoms with Gasteiger partial charge in [-0.3, -0.25) is 0 Å². The summed E-state index contributed by atoms with van der Waals surface area (Å²) in [4.78, 5) is 0. The third-order valence-corrected chi connectivity index (χ3v) is 11.2. The molecule has 0 fully saturated rings. The van der Waals surface area contributed by atoms with Gasteiger partial charge in [0.05, 0.1) is 0 Å². The van der Waals surface area contributed by atoms with Gasteiger partial charge >= 0.3 is 0 Å². The second kappa shape index (κ2) is 17.8. The van der Waals surface area contributed by atoms with E-state index in [1.807, 2.05) is 0 Å². The van der Waals surface area contributed by atoms with Gasteiger partial charge in [0.1, 0.15) is 0 Å². The maximum absolute atomic E-state index is 3.66. The highest BCUT2D eigenvalue weighted by atomic mass is 14.9. The standard InChI is InChI=1S/C52H57N/c1-4-7-9-11-16-43-36-51(46-25-24-45-34-42-18-13-14-19-49(42)52(45)37-46)44(17-12-10-8-5-2)35-50(43)41-28-32-48(33-29-41)53-47-30-26-40(27-31-47)39-22-20-38(15-6-3)21-23-39/h13-14,18-33,35-37,53H,4-12,15-17,34H2,1-3H3. The molecular weight excluding hydrogens is 639 g/mol. The molecule has 0 atom stereocenters. The zero-order valence-corrected chi connectivity index (χ0v) is 32.3. The lowest BCUT2D eigenvalue weighted by molar-refractivity contribution is 0.664. The molecular formula is C52H57N. The third kappa shape index (κ3) is 8.85. The summed E-state index contributed by atoms with van der Waals surface area (Å²) in [5, 5.41) is 3.66. The van der Waals surface area contributed by atoms with Gasteiger partial charge in [0.2, 0.25) is 0 Å². The van der Waals surface area contributed by atoms with Crippen molar-refractivity contribution in [2.75, 3.05) is 5.32 Å². The number of hydrogen-bond acceptors (Lipinski definition) is 1. The minimum Gasteiger partial charge on any atom is -0.356 e. The van der Waals surface area contributed by atoms with Gasteiger partial charge < -0.3 is 5.32 Å². The molecule has 0 aromatic heterocycles. The van der Waals surface area contributed by atoms with E-state index >= 15 is 0 Å². The molecule has 7 rings (SSSR count). The highest BCUT2D eigenvalue weighted by molar-refractivity contribution is 5.84. The zero-order valence-electron chi connectivity index (χ0n) is 32.3. The van der Waals surface area contributed by atoms with Crippen LogP contribution in [-0.2, 0) is 25.7 Å².